The van der Waals surface area contributed by atoms with Gasteiger partial charge in [-0.1, -0.05) is 6.07 Å². The second kappa shape index (κ2) is 8.51. The quantitative estimate of drug-likeness (QED) is 0.717. The smallest absolute Gasteiger partial charge is 0.351 e. The number of ketones is 1. The number of nitrogens with two attached hydrogens (primary N) is 1. The molecule has 1 aromatic carbocycles. The average molecular weight is 385 g/mol. The van der Waals surface area contributed by atoms with Crippen LogP contribution in [0, 0.1) is 5.92 Å². The first-order chi connectivity index (χ1) is 12.6. The van der Waals surface area contributed by atoms with E-state index in [1.165, 1.54) is 13.0 Å². The van der Waals surface area contributed by atoms with Crippen molar-refractivity contribution in [2.45, 2.75) is 44.4 Å². The van der Waals surface area contributed by atoms with Gasteiger partial charge in [-0.05, 0) is 44.4 Å². The first-order valence-electron chi connectivity index (χ1n) is 8.58. The molecule has 0 heterocycles. The predicted octanol–water partition coefficient (Wildman–Crippen LogP) is 1.64. The molecule has 0 aliphatic heterocycles. The van der Waals surface area contributed by atoms with Gasteiger partial charge in [0, 0.05) is 23.6 Å². The van der Waals surface area contributed by atoms with E-state index < -0.39 is 30.1 Å². The summed E-state index contributed by atoms with van der Waals surface area (Å²) in [6, 6.07) is 3.49. The molecular formula is C18H22F3N3O3. The van der Waals surface area contributed by atoms with Gasteiger partial charge < -0.3 is 16.4 Å². The number of Topliss-reactive ketones (excluding diaryl/α,β-unsaturated/α-hetero) is 1. The predicted molar refractivity (Wildman–Crippen MR) is 91.7 cm³/mol. The van der Waals surface area contributed by atoms with Crippen LogP contribution in [0.3, 0.4) is 0 Å². The molecule has 0 unspecified atom stereocenters. The summed E-state index contributed by atoms with van der Waals surface area (Å²) in [6.07, 6.45) is -2.85. The minimum atomic E-state index is -4.56. The van der Waals surface area contributed by atoms with Crippen molar-refractivity contribution in [2.24, 2.45) is 11.7 Å². The van der Waals surface area contributed by atoms with Crippen molar-refractivity contribution in [3.8, 4) is 0 Å². The fourth-order valence-corrected chi connectivity index (χ4v) is 3.18. The molecule has 0 spiro atoms. The molecule has 1 saturated carbocycles. The van der Waals surface area contributed by atoms with Gasteiger partial charge in [-0.15, -0.1) is 0 Å². The molecule has 1 aliphatic rings. The molecule has 148 valence electrons. The second-order valence-electron chi connectivity index (χ2n) is 6.73. The highest BCUT2D eigenvalue weighted by molar-refractivity contribution is 5.96. The minimum Gasteiger partial charge on any atom is -0.351 e. The number of benzene rings is 1. The Morgan fingerprint density at radius 3 is 2.56 bits per heavy atom. The van der Waals surface area contributed by atoms with Gasteiger partial charge in [0.1, 0.15) is 5.78 Å². The van der Waals surface area contributed by atoms with Gasteiger partial charge in [0.2, 0.25) is 5.91 Å². The van der Waals surface area contributed by atoms with Crippen LogP contribution in [0.4, 0.5) is 13.2 Å². The van der Waals surface area contributed by atoms with E-state index in [-0.39, 0.29) is 29.3 Å². The van der Waals surface area contributed by atoms with E-state index in [4.69, 9.17) is 5.73 Å². The molecule has 0 saturated heterocycles. The topological polar surface area (TPSA) is 101 Å². The van der Waals surface area contributed by atoms with Gasteiger partial charge in [-0.25, -0.2) is 0 Å². The maximum atomic E-state index is 12.7. The molecule has 2 amide bonds. The fraction of sp³-hybridized carbons (Fsp3) is 0.500. The summed E-state index contributed by atoms with van der Waals surface area (Å²) in [6.45, 7) is 1.04. The zero-order chi connectivity index (χ0) is 20.2. The fourth-order valence-electron chi connectivity index (χ4n) is 3.18. The van der Waals surface area contributed by atoms with Gasteiger partial charge >= 0.3 is 6.18 Å². The Bertz CT molecular complexity index is 721. The largest absolute Gasteiger partial charge is 0.416 e. The molecule has 0 aromatic heterocycles. The van der Waals surface area contributed by atoms with Crippen molar-refractivity contribution in [1.82, 2.24) is 10.6 Å². The third-order valence-corrected chi connectivity index (χ3v) is 4.62. The molecule has 9 heteroatoms. The maximum Gasteiger partial charge on any atom is 0.416 e. The summed E-state index contributed by atoms with van der Waals surface area (Å²) in [5.74, 6) is -1.74. The van der Waals surface area contributed by atoms with Crippen LogP contribution in [-0.2, 0) is 15.8 Å². The van der Waals surface area contributed by atoms with E-state index in [1.54, 1.807) is 0 Å². The monoisotopic (exact) mass is 385 g/mol. The van der Waals surface area contributed by atoms with Crippen LogP contribution in [0.15, 0.2) is 24.3 Å². The molecule has 6 nitrogen and oxygen atoms in total. The van der Waals surface area contributed by atoms with E-state index >= 15 is 0 Å². The highest BCUT2D eigenvalue weighted by Gasteiger charge is 2.33. The summed E-state index contributed by atoms with van der Waals surface area (Å²) in [4.78, 5) is 35.8. The molecular weight excluding hydrogens is 363 g/mol. The van der Waals surface area contributed by atoms with Crippen LogP contribution < -0.4 is 16.4 Å². The number of carbonyl (C=O) groups is 3. The number of hydrogen-bond donors (Lipinski definition) is 3. The summed E-state index contributed by atoms with van der Waals surface area (Å²) in [5.41, 5.74) is 4.73. The Morgan fingerprint density at radius 1 is 1.22 bits per heavy atom. The molecule has 0 bridgehead atoms. The van der Waals surface area contributed by atoms with Crippen LogP contribution in [0.1, 0.15) is 42.1 Å². The molecule has 4 N–H and O–H groups in total. The lowest BCUT2D eigenvalue weighted by Gasteiger charge is -2.33. The Hall–Kier alpha value is -2.42. The Kier molecular flexibility index (Phi) is 6.59. The standard InChI is InChI=1S/C18H22F3N3O3/c1-10(25)14-8-13(22)5-6-15(14)24-16(26)9-23-17(27)11-3-2-4-12(7-11)18(19,20)21/h2-4,7,13-15H,5-6,8-9,22H2,1H3,(H,23,27)(H,24,26)/t13-,14-,15-/m1/s1. The number of halogens is 3. The molecule has 3 atom stereocenters. The zero-order valence-corrected chi connectivity index (χ0v) is 14.8. The number of nitrogens with one attached hydrogen (secondary N) is 2. The van der Waals surface area contributed by atoms with Crippen LogP contribution in [-0.4, -0.2) is 36.2 Å². The van der Waals surface area contributed by atoms with Crippen LogP contribution in [0.25, 0.3) is 0 Å². The number of amides is 2. The molecule has 1 aliphatic carbocycles. The SMILES string of the molecule is CC(=O)[C@H]1C[C@H](N)CC[C@H]1NC(=O)CNC(=O)c1cccc(C(F)(F)F)c1. The molecule has 27 heavy (non-hydrogen) atoms. The molecule has 1 fully saturated rings. The Labute approximate surface area is 154 Å². The van der Waals surface area contributed by atoms with Crippen LogP contribution in [0.5, 0.6) is 0 Å². The van der Waals surface area contributed by atoms with Crippen molar-refractivity contribution in [1.29, 1.82) is 0 Å². The van der Waals surface area contributed by atoms with Crippen molar-refractivity contribution < 1.29 is 27.6 Å². The highest BCUT2D eigenvalue weighted by Crippen LogP contribution is 2.29. The lowest BCUT2D eigenvalue weighted by molar-refractivity contribution is -0.137. The van der Waals surface area contributed by atoms with Gasteiger partial charge in [0.15, 0.2) is 0 Å². The van der Waals surface area contributed by atoms with Crippen LogP contribution >= 0.6 is 0 Å². The number of alkyl halides is 3. The van der Waals surface area contributed by atoms with Gasteiger partial charge in [0.05, 0.1) is 12.1 Å². The zero-order valence-electron chi connectivity index (χ0n) is 14.8. The number of hydrogen-bond acceptors (Lipinski definition) is 4. The highest BCUT2D eigenvalue weighted by atomic mass is 19.4. The van der Waals surface area contributed by atoms with Crippen LogP contribution in [0.2, 0.25) is 0 Å². The van der Waals surface area contributed by atoms with Gasteiger partial charge in [-0.3, -0.25) is 14.4 Å². The van der Waals surface area contributed by atoms with Gasteiger partial charge in [-0.2, -0.15) is 13.2 Å². The lowest BCUT2D eigenvalue weighted by Crippen LogP contribution is -2.50. The molecule has 2 rings (SSSR count). The van der Waals surface area contributed by atoms with E-state index in [1.807, 2.05) is 0 Å². The average Bonchev–Trinajstić information content (AvgIpc) is 2.60. The summed E-state index contributed by atoms with van der Waals surface area (Å²) < 4.78 is 38.1. The third kappa shape index (κ3) is 5.78. The summed E-state index contributed by atoms with van der Waals surface area (Å²) in [7, 11) is 0. The first-order valence-corrected chi connectivity index (χ1v) is 8.58. The van der Waals surface area contributed by atoms with E-state index in [9.17, 15) is 27.6 Å². The Morgan fingerprint density at radius 2 is 1.93 bits per heavy atom. The normalized spacial score (nSPS) is 22.8. The first kappa shape index (κ1) is 20.9. The summed E-state index contributed by atoms with van der Waals surface area (Å²) >= 11 is 0. The molecule has 1 aromatic rings. The minimum absolute atomic E-state index is 0.0662. The van der Waals surface area contributed by atoms with Crippen molar-refractivity contribution in [2.75, 3.05) is 6.54 Å². The van der Waals surface area contributed by atoms with Crippen molar-refractivity contribution in [3.63, 3.8) is 0 Å². The van der Waals surface area contributed by atoms with E-state index in [2.05, 4.69) is 10.6 Å². The van der Waals surface area contributed by atoms with Gasteiger partial charge in [0.25, 0.3) is 5.91 Å². The van der Waals surface area contributed by atoms with Crippen molar-refractivity contribution >= 4 is 17.6 Å². The number of carbonyl (C=O) groups excluding carboxylic acids is 3. The summed E-state index contributed by atoms with van der Waals surface area (Å²) in [5, 5.41) is 5.00. The molecule has 0 radical (unpaired) electrons. The van der Waals surface area contributed by atoms with Crippen molar-refractivity contribution in [3.05, 3.63) is 35.4 Å². The lowest BCUT2D eigenvalue weighted by atomic mass is 9.80. The van der Waals surface area contributed by atoms with E-state index in [0.29, 0.717) is 19.3 Å². The second-order valence-corrected chi connectivity index (χ2v) is 6.73. The maximum absolute atomic E-state index is 12.7. The number of rotatable bonds is 5. The van der Waals surface area contributed by atoms with E-state index in [0.717, 1.165) is 18.2 Å². The third-order valence-electron chi connectivity index (χ3n) is 4.62. The Balaban J connectivity index is 1.91.